The second-order valence-electron chi connectivity index (χ2n) is 6.58. The third kappa shape index (κ3) is 4.67. The van der Waals surface area contributed by atoms with Gasteiger partial charge in [0.15, 0.2) is 0 Å². The zero-order valence-corrected chi connectivity index (χ0v) is 15.2. The SMILES string of the molecule is O=C(/C=C/c1cccc(Br)c1)N1CCC[C@H]1CN1CCCCC1. The van der Waals surface area contributed by atoms with Crippen LogP contribution in [0.1, 0.15) is 37.7 Å². The molecule has 0 radical (unpaired) electrons. The summed E-state index contributed by atoms with van der Waals surface area (Å²) in [6.45, 7) is 4.36. The molecule has 3 nitrogen and oxygen atoms in total. The predicted molar refractivity (Wildman–Crippen MR) is 98.2 cm³/mol. The molecule has 1 amide bonds. The number of likely N-dealkylation sites (tertiary alicyclic amines) is 2. The van der Waals surface area contributed by atoms with Crippen LogP contribution in [0.25, 0.3) is 6.08 Å². The van der Waals surface area contributed by atoms with E-state index >= 15 is 0 Å². The van der Waals surface area contributed by atoms with Crippen LogP contribution in [0, 0.1) is 0 Å². The fourth-order valence-electron chi connectivity index (χ4n) is 3.63. The lowest BCUT2D eigenvalue weighted by molar-refractivity contribution is -0.127. The maximum atomic E-state index is 12.6. The lowest BCUT2D eigenvalue weighted by Gasteiger charge is -2.32. The van der Waals surface area contributed by atoms with E-state index in [1.165, 1.54) is 32.4 Å². The van der Waals surface area contributed by atoms with Gasteiger partial charge in [0.05, 0.1) is 0 Å². The van der Waals surface area contributed by atoms with Crippen molar-refractivity contribution in [2.45, 2.75) is 38.1 Å². The summed E-state index contributed by atoms with van der Waals surface area (Å²) in [5.74, 6) is 0.157. The topological polar surface area (TPSA) is 23.6 Å². The van der Waals surface area contributed by atoms with Crippen LogP contribution in [0.2, 0.25) is 0 Å². The second kappa shape index (κ2) is 8.11. The Morgan fingerprint density at radius 3 is 2.78 bits per heavy atom. The number of nitrogens with zero attached hydrogens (tertiary/aromatic N) is 2. The highest BCUT2D eigenvalue weighted by atomic mass is 79.9. The van der Waals surface area contributed by atoms with E-state index in [9.17, 15) is 4.79 Å². The van der Waals surface area contributed by atoms with Crippen molar-refractivity contribution in [3.8, 4) is 0 Å². The van der Waals surface area contributed by atoms with Crippen molar-refractivity contribution in [1.29, 1.82) is 0 Å². The predicted octanol–water partition coefficient (Wildman–Crippen LogP) is 3.94. The molecule has 4 heteroatoms. The molecule has 2 saturated heterocycles. The summed E-state index contributed by atoms with van der Waals surface area (Å²) < 4.78 is 1.04. The Morgan fingerprint density at radius 2 is 2.00 bits per heavy atom. The van der Waals surface area contributed by atoms with Gasteiger partial charge < -0.3 is 9.80 Å². The van der Waals surface area contributed by atoms with Gasteiger partial charge in [-0.2, -0.15) is 0 Å². The van der Waals surface area contributed by atoms with Crippen LogP contribution < -0.4 is 0 Å². The van der Waals surface area contributed by atoms with Gasteiger partial charge in [0, 0.05) is 29.7 Å². The van der Waals surface area contributed by atoms with Crippen molar-refractivity contribution in [3.63, 3.8) is 0 Å². The Morgan fingerprint density at radius 1 is 1.17 bits per heavy atom. The highest BCUT2D eigenvalue weighted by Crippen LogP contribution is 2.21. The van der Waals surface area contributed by atoms with Gasteiger partial charge in [-0.05, 0) is 62.5 Å². The average Bonchev–Trinajstić information content (AvgIpc) is 3.02. The number of piperidine rings is 1. The van der Waals surface area contributed by atoms with Crippen molar-refractivity contribution < 1.29 is 4.79 Å². The number of carbonyl (C=O) groups is 1. The Labute approximate surface area is 147 Å². The molecule has 124 valence electrons. The molecular formula is C19H25BrN2O. The van der Waals surface area contributed by atoms with Crippen LogP contribution in [0.3, 0.4) is 0 Å². The molecule has 0 N–H and O–H groups in total. The molecule has 2 heterocycles. The quantitative estimate of drug-likeness (QED) is 0.742. The molecule has 0 aromatic heterocycles. The first kappa shape index (κ1) is 16.7. The molecule has 0 aliphatic carbocycles. The molecule has 0 saturated carbocycles. The molecule has 23 heavy (non-hydrogen) atoms. The summed E-state index contributed by atoms with van der Waals surface area (Å²) in [5.41, 5.74) is 1.06. The first-order valence-corrected chi connectivity index (χ1v) is 9.48. The zero-order chi connectivity index (χ0) is 16.1. The van der Waals surface area contributed by atoms with Crippen molar-refractivity contribution in [2.75, 3.05) is 26.2 Å². The van der Waals surface area contributed by atoms with Gasteiger partial charge in [0.1, 0.15) is 0 Å². The maximum absolute atomic E-state index is 12.6. The molecule has 2 aliphatic heterocycles. The Balaban J connectivity index is 1.59. The van der Waals surface area contributed by atoms with E-state index in [-0.39, 0.29) is 5.91 Å². The van der Waals surface area contributed by atoms with Gasteiger partial charge in [-0.3, -0.25) is 4.79 Å². The van der Waals surface area contributed by atoms with Crippen molar-refractivity contribution in [1.82, 2.24) is 9.80 Å². The highest BCUT2D eigenvalue weighted by molar-refractivity contribution is 9.10. The summed E-state index contributed by atoms with van der Waals surface area (Å²) in [7, 11) is 0. The van der Waals surface area contributed by atoms with Crippen LogP contribution >= 0.6 is 15.9 Å². The van der Waals surface area contributed by atoms with Crippen LogP contribution in [0.4, 0.5) is 0 Å². The first-order valence-electron chi connectivity index (χ1n) is 8.69. The van der Waals surface area contributed by atoms with Gasteiger partial charge >= 0.3 is 0 Å². The van der Waals surface area contributed by atoms with E-state index in [0.29, 0.717) is 6.04 Å². The molecule has 2 fully saturated rings. The fraction of sp³-hybridized carbons (Fsp3) is 0.526. The average molecular weight is 377 g/mol. The first-order chi connectivity index (χ1) is 11.2. The molecule has 3 rings (SSSR count). The van der Waals surface area contributed by atoms with E-state index in [1.807, 2.05) is 30.3 Å². The van der Waals surface area contributed by atoms with Crippen LogP contribution in [0.15, 0.2) is 34.8 Å². The zero-order valence-electron chi connectivity index (χ0n) is 13.6. The number of amides is 1. The minimum Gasteiger partial charge on any atom is -0.335 e. The molecule has 0 spiro atoms. The molecular weight excluding hydrogens is 352 g/mol. The molecule has 2 aliphatic rings. The minimum absolute atomic E-state index is 0.157. The summed E-state index contributed by atoms with van der Waals surface area (Å²) in [5, 5.41) is 0. The normalized spacial score (nSPS) is 22.8. The largest absolute Gasteiger partial charge is 0.335 e. The summed E-state index contributed by atoms with van der Waals surface area (Å²) >= 11 is 3.47. The Bertz CT molecular complexity index is 566. The molecule has 1 aromatic rings. The van der Waals surface area contributed by atoms with Crippen LogP contribution in [-0.2, 0) is 4.79 Å². The van der Waals surface area contributed by atoms with Crippen molar-refractivity contribution in [3.05, 3.63) is 40.4 Å². The number of hydrogen-bond acceptors (Lipinski definition) is 2. The van der Waals surface area contributed by atoms with E-state index < -0.39 is 0 Å². The van der Waals surface area contributed by atoms with Crippen molar-refractivity contribution in [2.24, 2.45) is 0 Å². The number of carbonyl (C=O) groups excluding carboxylic acids is 1. The lowest BCUT2D eigenvalue weighted by Crippen LogP contribution is -2.44. The summed E-state index contributed by atoms with van der Waals surface area (Å²) in [6.07, 6.45) is 9.91. The number of hydrogen-bond donors (Lipinski definition) is 0. The smallest absolute Gasteiger partial charge is 0.246 e. The standard InChI is InChI=1S/C19H25BrN2O/c20-17-7-4-6-16(14-17)9-10-19(23)22-13-5-8-18(22)15-21-11-2-1-3-12-21/h4,6-7,9-10,14,18H,1-3,5,8,11-13,15H2/b10-9+/t18-/m0/s1. The van der Waals surface area contributed by atoms with Gasteiger partial charge in [-0.15, -0.1) is 0 Å². The Kier molecular flexibility index (Phi) is 5.90. The highest BCUT2D eigenvalue weighted by Gasteiger charge is 2.29. The van der Waals surface area contributed by atoms with Crippen LogP contribution in [-0.4, -0.2) is 47.9 Å². The van der Waals surface area contributed by atoms with Crippen LogP contribution in [0.5, 0.6) is 0 Å². The van der Waals surface area contributed by atoms with Crippen molar-refractivity contribution >= 4 is 27.9 Å². The van der Waals surface area contributed by atoms with Gasteiger partial charge in [0.25, 0.3) is 0 Å². The maximum Gasteiger partial charge on any atom is 0.246 e. The molecule has 1 atom stereocenters. The van der Waals surface area contributed by atoms with Gasteiger partial charge in [-0.25, -0.2) is 0 Å². The minimum atomic E-state index is 0.157. The fourth-order valence-corrected chi connectivity index (χ4v) is 4.05. The molecule has 0 unspecified atom stereocenters. The third-order valence-electron chi connectivity index (χ3n) is 4.84. The number of benzene rings is 1. The monoisotopic (exact) mass is 376 g/mol. The van der Waals surface area contributed by atoms with E-state index in [0.717, 1.165) is 36.0 Å². The number of rotatable bonds is 4. The second-order valence-corrected chi connectivity index (χ2v) is 7.49. The lowest BCUT2D eigenvalue weighted by atomic mass is 10.1. The van der Waals surface area contributed by atoms with Gasteiger partial charge in [0.2, 0.25) is 5.91 Å². The summed E-state index contributed by atoms with van der Waals surface area (Å²) in [6, 6.07) is 8.42. The molecule has 1 aromatic carbocycles. The summed E-state index contributed by atoms with van der Waals surface area (Å²) in [4.78, 5) is 17.2. The number of halogens is 1. The Hall–Kier alpha value is -1.13. The van der Waals surface area contributed by atoms with E-state index in [1.54, 1.807) is 6.08 Å². The van der Waals surface area contributed by atoms with Gasteiger partial charge in [-0.1, -0.05) is 34.5 Å². The van der Waals surface area contributed by atoms with E-state index in [4.69, 9.17) is 0 Å². The molecule has 0 bridgehead atoms. The van der Waals surface area contributed by atoms with E-state index in [2.05, 4.69) is 25.7 Å². The third-order valence-corrected chi connectivity index (χ3v) is 5.34.